The van der Waals surface area contributed by atoms with Crippen LogP contribution in [0.25, 0.3) is 0 Å². The van der Waals surface area contributed by atoms with Gasteiger partial charge in [-0.1, -0.05) is 45.4 Å². The van der Waals surface area contributed by atoms with Crippen LogP contribution in [0.3, 0.4) is 0 Å². The van der Waals surface area contributed by atoms with Gasteiger partial charge in [-0.3, -0.25) is 4.99 Å². The molecule has 0 saturated carbocycles. The lowest BCUT2D eigenvalue weighted by molar-refractivity contribution is 0.571. The highest BCUT2D eigenvalue weighted by atomic mass is 32.2. The van der Waals surface area contributed by atoms with Gasteiger partial charge in [0.1, 0.15) is 0 Å². The van der Waals surface area contributed by atoms with E-state index in [0.29, 0.717) is 11.3 Å². The third kappa shape index (κ3) is 5.24. The van der Waals surface area contributed by atoms with Crippen molar-refractivity contribution < 1.29 is 0 Å². The van der Waals surface area contributed by atoms with E-state index in [9.17, 15) is 0 Å². The van der Waals surface area contributed by atoms with Crippen LogP contribution in [0.15, 0.2) is 4.99 Å². The lowest BCUT2D eigenvalue weighted by Gasteiger charge is -2.15. The average molecular weight is 242 g/mol. The van der Waals surface area contributed by atoms with Gasteiger partial charge in [-0.05, 0) is 25.7 Å². The van der Waals surface area contributed by atoms with Crippen molar-refractivity contribution >= 4 is 16.9 Å². The van der Waals surface area contributed by atoms with Gasteiger partial charge in [0.05, 0.1) is 6.54 Å². The second kappa shape index (κ2) is 7.21. The fraction of sp³-hybridized carbons (Fsp3) is 0.923. The summed E-state index contributed by atoms with van der Waals surface area (Å²) in [5.41, 5.74) is 0. The summed E-state index contributed by atoms with van der Waals surface area (Å²) in [5.74, 6) is 0.782. The van der Waals surface area contributed by atoms with Gasteiger partial charge < -0.3 is 5.32 Å². The van der Waals surface area contributed by atoms with Crippen LogP contribution >= 0.6 is 11.8 Å². The number of thioether (sulfide) groups is 1. The van der Waals surface area contributed by atoms with Crippen LogP contribution in [0.2, 0.25) is 0 Å². The fourth-order valence-corrected chi connectivity index (χ4v) is 3.30. The molecule has 1 aliphatic heterocycles. The number of nitrogens with zero attached hydrogens (tertiary/aromatic N) is 1. The summed E-state index contributed by atoms with van der Waals surface area (Å²) < 4.78 is 0. The topological polar surface area (TPSA) is 24.4 Å². The average Bonchev–Trinajstić information content (AvgIpc) is 2.61. The molecule has 0 aromatic heterocycles. The molecule has 0 aromatic rings. The van der Waals surface area contributed by atoms with Crippen molar-refractivity contribution in [3.05, 3.63) is 0 Å². The number of amidine groups is 1. The molecule has 0 aromatic carbocycles. The first kappa shape index (κ1) is 13.9. The van der Waals surface area contributed by atoms with Crippen molar-refractivity contribution in [3.63, 3.8) is 0 Å². The largest absolute Gasteiger partial charge is 0.362 e. The molecule has 1 N–H and O–H groups in total. The molecule has 94 valence electrons. The van der Waals surface area contributed by atoms with Gasteiger partial charge in [0, 0.05) is 11.3 Å². The molecule has 0 fully saturated rings. The van der Waals surface area contributed by atoms with Crippen LogP contribution < -0.4 is 5.32 Å². The normalized spacial score (nSPS) is 22.3. The number of rotatable bonds is 6. The maximum Gasteiger partial charge on any atom is 0.157 e. The van der Waals surface area contributed by atoms with E-state index in [2.05, 4.69) is 38.0 Å². The number of hydrogen-bond acceptors (Lipinski definition) is 3. The first-order valence-corrected chi connectivity index (χ1v) is 7.47. The standard InChI is InChI=1S/C13H26N2S/c1-5-6-7-11(4)15-13-14-9-12(16-13)8-10(2)3/h10-12H,5-9H2,1-4H3,(H,14,15). The number of hydrogen-bond donors (Lipinski definition) is 1. The van der Waals surface area contributed by atoms with Crippen LogP contribution in [0, 0.1) is 5.92 Å². The minimum Gasteiger partial charge on any atom is -0.362 e. The fourth-order valence-electron chi connectivity index (χ4n) is 1.94. The maximum absolute atomic E-state index is 4.59. The highest BCUT2D eigenvalue weighted by Crippen LogP contribution is 2.25. The zero-order valence-electron chi connectivity index (χ0n) is 11.1. The highest BCUT2D eigenvalue weighted by Gasteiger charge is 2.21. The number of unbranched alkanes of at least 4 members (excludes halogenated alkanes) is 1. The Morgan fingerprint density at radius 3 is 2.81 bits per heavy atom. The van der Waals surface area contributed by atoms with E-state index in [1.165, 1.54) is 30.9 Å². The zero-order chi connectivity index (χ0) is 12.0. The van der Waals surface area contributed by atoms with Gasteiger partial charge in [-0.2, -0.15) is 0 Å². The quantitative estimate of drug-likeness (QED) is 0.768. The van der Waals surface area contributed by atoms with E-state index in [1.807, 2.05) is 11.8 Å². The molecule has 0 bridgehead atoms. The van der Waals surface area contributed by atoms with Crippen molar-refractivity contribution in [2.24, 2.45) is 10.9 Å². The Balaban J connectivity index is 2.20. The van der Waals surface area contributed by atoms with Crippen LogP contribution in [0.4, 0.5) is 0 Å². The Morgan fingerprint density at radius 1 is 1.44 bits per heavy atom. The molecule has 1 aliphatic rings. The molecule has 1 heterocycles. The molecule has 0 radical (unpaired) electrons. The third-order valence-corrected chi connectivity index (χ3v) is 3.96. The van der Waals surface area contributed by atoms with Gasteiger partial charge in [0.15, 0.2) is 5.17 Å². The van der Waals surface area contributed by atoms with Gasteiger partial charge in [-0.15, -0.1) is 0 Å². The number of aliphatic imine (C=N–C) groups is 1. The Labute approximate surface area is 105 Å². The first-order chi connectivity index (χ1) is 7.61. The molecule has 2 unspecified atom stereocenters. The van der Waals surface area contributed by atoms with Crippen LogP contribution in [0.5, 0.6) is 0 Å². The van der Waals surface area contributed by atoms with Gasteiger partial charge in [0.2, 0.25) is 0 Å². The molecular formula is C13H26N2S. The molecule has 16 heavy (non-hydrogen) atoms. The molecule has 0 saturated heterocycles. The van der Waals surface area contributed by atoms with Crippen LogP contribution in [-0.4, -0.2) is 23.0 Å². The lowest BCUT2D eigenvalue weighted by Crippen LogP contribution is -2.29. The van der Waals surface area contributed by atoms with Gasteiger partial charge >= 0.3 is 0 Å². The van der Waals surface area contributed by atoms with Crippen molar-refractivity contribution in [1.29, 1.82) is 0 Å². The predicted octanol–water partition coefficient (Wildman–Crippen LogP) is 3.67. The molecule has 1 rings (SSSR count). The SMILES string of the molecule is CCCCC(C)NC1=NCC(CC(C)C)S1. The number of nitrogens with one attached hydrogen (secondary N) is 1. The van der Waals surface area contributed by atoms with Crippen LogP contribution in [-0.2, 0) is 0 Å². The smallest absolute Gasteiger partial charge is 0.157 e. The van der Waals surface area contributed by atoms with E-state index in [-0.39, 0.29) is 0 Å². The molecule has 2 atom stereocenters. The Kier molecular flexibility index (Phi) is 6.25. The lowest BCUT2D eigenvalue weighted by atomic mass is 10.1. The molecule has 3 heteroatoms. The second-order valence-electron chi connectivity index (χ2n) is 5.20. The summed E-state index contributed by atoms with van der Waals surface area (Å²) in [6.45, 7) is 10.1. The summed E-state index contributed by atoms with van der Waals surface area (Å²) in [4.78, 5) is 4.59. The predicted molar refractivity (Wildman–Crippen MR) is 75.3 cm³/mol. The minimum atomic E-state index is 0.573. The van der Waals surface area contributed by atoms with E-state index < -0.39 is 0 Å². The Hall–Kier alpha value is -0.180. The van der Waals surface area contributed by atoms with E-state index >= 15 is 0 Å². The molecule has 0 spiro atoms. The van der Waals surface area contributed by atoms with E-state index in [0.717, 1.165) is 12.5 Å². The van der Waals surface area contributed by atoms with Crippen molar-refractivity contribution in [2.45, 2.75) is 64.7 Å². The summed E-state index contributed by atoms with van der Waals surface area (Å²) in [5, 5.41) is 5.41. The van der Waals surface area contributed by atoms with Crippen molar-refractivity contribution in [2.75, 3.05) is 6.54 Å². The second-order valence-corrected chi connectivity index (χ2v) is 6.49. The summed E-state index contributed by atoms with van der Waals surface area (Å²) in [7, 11) is 0. The summed E-state index contributed by atoms with van der Waals surface area (Å²) in [6.07, 6.45) is 5.12. The van der Waals surface area contributed by atoms with Gasteiger partial charge in [0.25, 0.3) is 0 Å². The van der Waals surface area contributed by atoms with Crippen molar-refractivity contribution in [3.8, 4) is 0 Å². The first-order valence-electron chi connectivity index (χ1n) is 6.59. The monoisotopic (exact) mass is 242 g/mol. The molecule has 2 nitrogen and oxygen atoms in total. The third-order valence-electron chi connectivity index (χ3n) is 2.81. The Bertz CT molecular complexity index is 226. The van der Waals surface area contributed by atoms with Crippen LogP contribution in [0.1, 0.15) is 53.4 Å². The molecular weight excluding hydrogens is 216 g/mol. The summed E-state index contributed by atoms with van der Waals surface area (Å²) >= 11 is 1.94. The Morgan fingerprint density at radius 2 is 2.19 bits per heavy atom. The van der Waals surface area contributed by atoms with E-state index in [4.69, 9.17) is 0 Å². The molecule has 0 amide bonds. The summed E-state index contributed by atoms with van der Waals surface area (Å²) in [6, 6.07) is 0.573. The minimum absolute atomic E-state index is 0.573. The highest BCUT2D eigenvalue weighted by molar-refractivity contribution is 8.14. The van der Waals surface area contributed by atoms with Crippen molar-refractivity contribution in [1.82, 2.24) is 5.32 Å². The molecule has 0 aliphatic carbocycles. The van der Waals surface area contributed by atoms with Gasteiger partial charge in [-0.25, -0.2) is 0 Å². The van der Waals surface area contributed by atoms with E-state index in [1.54, 1.807) is 0 Å². The maximum atomic E-state index is 4.59. The zero-order valence-corrected chi connectivity index (χ0v) is 11.9.